The maximum atomic E-state index is 12.8. The van der Waals surface area contributed by atoms with Gasteiger partial charge in [-0.3, -0.25) is 19.2 Å². The zero-order valence-electron chi connectivity index (χ0n) is 17.6. The molecule has 0 aliphatic rings. The Hall–Kier alpha value is -3.40. The van der Waals surface area contributed by atoms with E-state index in [0.717, 1.165) is 16.5 Å². The molecular formula is C21H29N5O5. The number of H-pyrrole nitrogens is 1. The predicted molar refractivity (Wildman–Crippen MR) is 115 cm³/mol. The third kappa shape index (κ3) is 6.82. The molecule has 3 unspecified atom stereocenters. The number of para-hydroxylation sites is 1. The summed E-state index contributed by atoms with van der Waals surface area (Å²) < 4.78 is 0. The van der Waals surface area contributed by atoms with Crippen molar-refractivity contribution in [3.63, 3.8) is 0 Å². The molecule has 0 bridgehead atoms. The Morgan fingerprint density at radius 3 is 2.48 bits per heavy atom. The number of nitrogens with one attached hydrogen (secondary N) is 4. The first-order valence-electron chi connectivity index (χ1n) is 10.1. The van der Waals surface area contributed by atoms with Crippen LogP contribution in [0.4, 0.5) is 0 Å². The summed E-state index contributed by atoms with van der Waals surface area (Å²) in [6, 6.07) is 5.82. The Kier molecular flexibility index (Phi) is 8.56. The summed E-state index contributed by atoms with van der Waals surface area (Å²) in [5.74, 6) is -2.93. The molecular weight excluding hydrogens is 402 g/mol. The number of carboxylic acids is 1. The van der Waals surface area contributed by atoms with Gasteiger partial charge in [0.2, 0.25) is 17.7 Å². The SMILES string of the molecule is CCC(C)C(N)C(=O)NC(Cc1c[nH]c2ccccc12)C(=O)NCC(=O)NCC(=O)O. The second-order valence-corrected chi connectivity index (χ2v) is 7.42. The van der Waals surface area contributed by atoms with Crippen molar-refractivity contribution < 1.29 is 24.3 Å². The summed E-state index contributed by atoms with van der Waals surface area (Å²) in [5.41, 5.74) is 7.72. The van der Waals surface area contributed by atoms with Gasteiger partial charge in [-0.1, -0.05) is 38.5 Å². The lowest BCUT2D eigenvalue weighted by molar-refractivity contribution is -0.138. The minimum atomic E-state index is -1.19. The number of aromatic amines is 1. The fourth-order valence-corrected chi connectivity index (χ4v) is 3.04. The normalized spacial score (nSPS) is 13.8. The number of hydrogen-bond acceptors (Lipinski definition) is 5. The Balaban J connectivity index is 2.12. The fraction of sp³-hybridized carbons (Fsp3) is 0.429. The first-order valence-corrected chi connectivity index (χ1v) is 10.1. The van der Waals surface area contributed by atoms with Crippen LogP contribution in [0.2, 0.25) is 0 Å². The monoisotopic (exact) mass is 431 g/mol. The highest BCUT2D eigenvalue weighted by atomic mass is 16.4. The summed E-state index contributed by atoms with van der Waals surface area (Å²) in [6.07, 6.45) is 2.66. The second kappa shape index (κ2) is 11.1. The van der Waals surface area contributed by atoms with E-state index < -0.39 is 48.9 Å². The molecule has 168 valence electrons. The molecule has 0 spiro atoms. The molecule has 1 aromatic carbocycles. The highest BCUT2D eigenvalue weighted by Crippen LogP contribution is 2.19. The number of fused-ring (bicyclic) bond motifs is 1. The fourth-order valence-electron chi connectivity index (χ4n) is 3.04. The molecule has 0 aliphatic heterocycles. The quantitative estimate of drug-likeness (QED) is 0.290. The number of aromatic nitrogens is 1. The maximum Gasteiger partial charge on any atom is 0.322 e. The predicted octanol–water partition coefficient (Wildman–Crippen LogP) is -0.114. The van der Waals surface area contributed by atoms with Gasteiger partial charge in [0.05, 0.1) is 12.6 Å². The molecule has 2 aromatic rings. The van der Waals surface area contributed by atoms with E-state index in [4.69, 9.17) is 10.8 Å². The Labute approximate surface area is 179 Å². The number of benzene rings is 1. The molecule has 1 heterocycles. The summed E-state index contributed by atoms with van der Waals surface area (Å²) in [4.78, 5) is 50.8. The van der Waals surface area contributed by atoms with Gasteiger partial charge in [0, 0.05) is 23.5 Å². The van der Waals surface area contributed by atoms with Crippen molar-refractivity contribution in [1.82, 2.24) is 20.9 Å². The van der Waals surface area contributed by atoms with Crippen LogP contribution in [0.1, 0.15) is 25.8 Å². The zero-order chi connectivity index (χ0) is 23.0. The van der Waals surface area contributed by atoms with Crippen LogP contribution < -0.4 is 21.7 Å². The molecule has 3 atom stereocenters. The van der Waals surface area contributed by atoms with Crippen LogP contribution in [0, 0.1) is 5.92 Å². The minimum absolute atomic E-state index is 0.0707. The van der Waals surface area contributed by atoms with Gasteiger partial charge in [-0.25, -0.2) is 0 Å². The molecule has 31 heavy (non-hydrogen) atoms. The number of rotatable bonds is 11. The van der Waals surface area contributed by atoms with Gasteiger partial charge in [-0.2, -0.15) is 0 Å². The lowest BCUT2D eigenvalue weighted by Crippen LogP contribution is -2.54. The maximum absolute atomic E-state index is 12.8. The number of aliphatic carboxylic acids is 1. The van der Waals surface area contributed by atoms with E-state index in [0.29, 0.717) is 6.42 Å². The molecule has 0 saturated carbocycles. The molecule has 0 aliphatic carbocycles. The van der Waals surface area contributed by atoms with E-state index in [1.54, 1.807) is 6.20 Å². The van der Waals surface area contributed by atoms with Crippen molar-refractivity contribution in [2.45, 2.75) is 38.8 Å². The van der Waals surface area contributed by atoms with E-state index >= 15 is 0 Å². The lowest BCUT2D eigenvalue weighted by atomic mass is 9.98. The first kappa shape index (κ1) is 23.9. The third-order valence-corrected chi connectivity index (χ3v) is 5.15. The number of carbonyl (C=O) groups excluding carboxylic acids is 3. The van der Waals surface area contributed by atoms with Crippen molar-refractivity contribution in [3.05, 3.63) is 36.0 Å². The van der Waals surface area contributed by atoms with Gasteiger partial charge < -0.3 is 31.8 Å². The van der Waals surface area contributed by atoms with Gasteiger partial charge in [0.15, 0.2) is 0 Å². The number of nitrogens with two attached hydrogens (primary N) is 1. The summed E-state index contributed by atoms with van der Waals surface area (Å²) in [7, 11) is 0. The molecule has 0 fully saturated rings. The van der Waals surface area contributed by atoms with Crippen LogP contribution >= 0.6 is 0 Å². The van der Waals surface area contributed by atoms with Crippen LogP contribution in [0.15, 0.2) is 30.5 Å². The van der Waals surface area contributed by atoms with Gasteiger partial charge in [-0.05, 0) is 17.5 Å². The molecule has 1 aromatic heterocycles. The van der Waals surface area contributed by atoms with Crippen LogP contribution in [0.3, 0.4) is 0 Å². The molecule has 10 heteroatoms. The summed E-state index contributed by atoms with van der Waals surface area (Å²) in [6.45, 7) is 2.81. The summed E-state index contributed by atoms with van der Waals surface area (Å²) in [5, 5.41) is 16.8. The van der Waals surface area contributed by atoms with E-state index in [-0.39, 0.29) is 12.3 Å². The Morgan fingerprint density at radius 1 is 1.10 bits per heavy atom. The number of carbonyl (C=O) groups is 4. The number of amides is 3. The largest absolute Gasteiger partial charge is 0.480 e. The van der Waals surface area contributed by atoms with Crippen molar-refractivity contribution in [1.29, 1.82) is 0 Å². The molecule has 10 nitrogen and oxygen atoms in total. The van der Waals surface area contributed by atoms with Crippen LogP contribution in [-0.2, 0) is 25.6 Å². The minimum Gasteiger partial charge on any atom is -0.480 e. The average Bonchev–Trinajstić information content (AvgIpc) is 3.17. The summed E-state index contributed by atoms with van der Waals surface area (Å²) >= 11 is 0. The van der Waals surface area contributed by atoms with Crippen molar-refractivity contribution >= 4 is 34.6 Å². The van der Waals surface area contributed by atoms with Crippen molar-refractivity contribution in [2.24, 2.45) is 11.7 Å². The van der Waals surface area contributed by atoms with Crippen LogP contribution in [0.5, 0.6) is 0 Å². The standard InChI is InChI=1S/C21H29N5O5/c1-3-12(2)19(22)21(31)26-16(20(30)25-10-17(27)24-11-18(28)29)8-13-9-23-15-7-5-4-6-14(13)15/h4-7,9,12,16,19,23H,3,8,10-11,22H2,1-2H3,(H,24,27)(H,25,30)(H,26,31)(H,28,29). The third-order valence-electron chi connectivity index (χ3n) is 5.15. The highest BCUT2D eigenvalue weighted by Gasteiger charge is 2.27. The highest BCUT2D eigenvalue weighted by molar-refractivity contribution is 5.93. The van der Waals surface area contributed by atoms with E-state index in [1.165, 1.54) is 0 Å². The van der Waals surface area contributed by atoms with Crippen LogP contribution in [0.25, 0.3) is 10.9 Å². The second-order valence-electron chi connectivity index (χ2n) is 7.42. The molecule has 3 amide bonds. The molecule has 0 radical (unpaired) electrons. The van der Waals surface area contributed by atoms with Crippen LogP contribution in [-0.4, -0.2) is 59.0 Å². The number of carboxylic acid groups (broad SMARTS) is 1. The molecule has 7 N–H and O–H groups in total. The van der Waals surface area contributed by atoms with Gasteiger partial charge in [-0.15, -0.1) is 0 Å². The van der Waals surface area contributed by atoms with E-state index in [2.05, 4.69) is 20.9 Å². The first-order chi connectivity index (χ1) is 14.7. The van der Waals surface area contributed by atoms with Gasteiger partial charge in [0.1, 0.15) is 12.6 Å². The zero-order valence-corrected chi connectivity index (χ0v) is 17.6. The van der Waals surface area contributed by atoms with Gasteiger partial charge in [0.25, 0.3) is 0 Å². The molecule has 0 saturated heterocycles. The number of hydrogen-bond donors (Lipinski definition) is 6. The van der Waals surface area contributed by atoms with Gasteiger partial charge >= 0.3 is 5.97 Å². The Bertz CT molecular complexity index is 941. The van der Waals surface area contributed by atoms with Crippen molar-refractivity contribution in [2.75, 3.05) is 13.1 Å². The lowest BCUT2D eigenvalue weighted by Gasteiger charge is -2.23. The average molecular weight is 431 g/mol. The van der Waals surface area contributed by atoms with E-state index in [9.17, 15) is 19.2 Å². The Morgan fingerprint density at radius 2 is 1.81 bits per heavy atom. The smallest absolute Gasteiger partial charge is 0.322 e. The molecule has 2 rings (SSSR count). The van der Waals surface area contributed by atoms with E-state index in [1.807, 2.05) is 38.1 Å². The topological polar surface area (TPSA) is 166 Å². The van der Waals surface area contributed by atoms with Crippen molar-refractivity contribution in [3.8, 4) is 0 Å².